The largest absolute Gasteiger partial charge is 0.481 e. The Balaban J connectivity index is 1.73. The summed E-state index contributed by atoms with van der Waals surface area (Å²) < 4.78 is 0. The number of amides is 2. The number of carbonyl (C=O) groups excluding carboxylic acids is 2. The van der Waals surface area contributed by atoms with Crippen LogP contribution in [0.25, 0.3) is 0 Å². The Labute approximate surface area is 124 Å². The molecular formula is C14H23N3O4. The summed E-state index contributed by atoms with van der Waals surface area (Å²) in [4.78, 5) is 40.0. The fourth-order valence-electron chi connectivity index (χ4n) is 2.89. The van der Waals surface area contributed by atoms with Crippen LogP contribution in [0.4, 0.5) is 0 Å². The van der Waals surface area contributed by atoms with Gasteiger partial charge < -0.3 is 14.9 Å². The van der Waals surface area contributed by atoms with Crippen LogP contribution in [-0.4, -0.2) is 83.4 Å². The van der Waals surface area contributed by atoms with Crippen molar-refractivity contribution in [1.82, 2.24) is 14.7 Å². The average molecular weight is 297 g/mol. The summed E-state index contributed by atoms with van der Waals surface area (Å²) in [5.41, 5.74) is 0. The number of piperidine rings is 1. The van der Waals surface area contributed by atoms with Crippen LogP contribution in [0.3, 0.4) is 0 Å². The first kappa shape index (κ1) is 15.8. The Morgan fingerprint density at radius 2 is 1.52 bits per heavy atom. The molecule has 1 N–H and O–H groups in total. The van der Waals surface area contributed by atoms with E-state index in [0.29, 0.717) is 45.6 Å². The number of hydrogen-bond acceptors (Lipinski definition) is 4. The van der Waals surface area contributed by atoms with Crippen LogP contribution < -0.4 is 0 Å². The topological polar surface area (TPSA) is 81.2 Å². The van der Waals surface area contributed by atoms with E-state index >= 15 is 0 Å². The highest BCUT2D eigenvalue weighted by molar-refractivity contribution is 5.79. The molecule has 2 saturated heterocycles. The summed E-state index contributed by atoms with van der Waals surface area (Å²) >= 11 is 0. The van der Waals surface area contributed by atoms with Crippen molar-refractivity contribution in [3.63, 3.8) is 0 Å². The van der Waals surface area contributed by atoms with E-state index in [1.807, 2.05) is 0 Å². The van der Waals surface area contributed by atoms with Gasteiger partial charge in [0, 0.05) is 46.2 Å². The highest BCUT2D eigenvalue weighted by Gasteiger charge is 2.28. The maximum atomic E-state index is 12.2. The number of carboxylic acids is 1. The number of carbonyl (C=O) groups is 3. The van der Waals surface area contributed by atoms with E-state index in [9.17, 15) is 14.4 Å². The Kier molecular flexibility index (Phi) is 5.17. The summed E-state index contributed by atoms with van der Waals surface area (Å²) in [5, 5.41) is 8.95. The lowest BCUT2D eigenvalue weighted by molar-refractivity contribution is -0.146. The lowest BCUT2D eigenvalue weighted by Crippen LogP contribution is -2.52. The van der Waals surface area contributed by atoms with Crippen molar-refractivity contribution in [1.29, 1.82) is 0 Å². The third kappa shape index (κ3) is 4.17. The van der Waals surface area contributed by atoms with Crippen LogP contribution in [0, 0.1) is 5.92 Å². The zero-order valence-corrected chi connectivity index (χ0v) is 12.5. The SMILES string of the molecule is CC(=O)N1CCN(CC(=O)N2CCC(C(=O)O)CC2)CC1. The molecule has 7 heteroatoms. The molecule has 0 radical (unpaired) electrons. The molecule has 0 aromatic carbocycles. The van der Waals surface area contributed by atoms with E-state index < -0.39 is 5.97 Å². The standard InChI is InChI=1S/C14H23N3O4/c1-11(18)16-8-6-15(7-9-16)10-13(19)17-4-2-12(3-5-17)14(20)21/h12H,2-10H2,1H3,(H,20,21). The minimum atomic E-state index is -0.762. The van der Waals surface area contributed by atoms with Crippen molar-refractivity contribution in [2.45, 2.75) is 19.8 Å². The van der Waals surface area contributed by atoms with E-state index in [-0.39, 0.29) is 17.7 Å². The Hall–Kier alpha value is -1.63. The quantitative estimate of drug-likeness (QED) is 0.757. The Morgan fingerprint density at radius 3 is 2.00 bits per heavy atom. The van der Waals surface area contributed by atoms with Crippen molar-refractivity contribution >= 4 is 17.8 Å². The van der Waals surface area contributed by atoms with Crippen LogP contribution in [0.2, 0.25) is 0 Å². The number of hydrogen-bond donors (Lipinski definition) is 1. The van der Waals surface area contributed by atoms with E-state index in [1.54, 1.807) is 16.7 Å². The third-order valence-corrected chi connectivity index (χ3v) is 4.37. The predicted molar refractivity (Wildman–Crippen MR) is 75.6 cm³/mol. The maximum Gasteiger partial charge on any atom is 0.306 e. The average Bonchev–Trinajstić information content (AvgIpc) is 2.47. The molecule has 118 valence electrons. The molecule has 0 spiro atoms. The predicted octanol–water partition coefficient (Wildman–Crippen LogP) is -0.526. The van der Waals surface area contributed by atoms with Crippen LogP contribution in [0.5, 0.6) is 0 Å². The molecule has 2 heterocycles. The molecule has 0 aromatic heterocycles. The van der Waals surface area contributed by atoms with E-state index in [4.69, 9.17) is 5.11 Å². The molecule has 0 atom stereocenters. The minimum Gasteiger partial charge on any atom is -0.481 e. The molecule has 2 fully saturated rings. The fourth-order valence-corrected chi connectivity index (χ4v) is 2.89. The van der Waals surface area contributed by atoms with Gasteiger partial charge in [-0.25, -0.2) is 0 Å². The van der Waals surface area contributed by atoms with Crippen LogP contribution in [0.15, 0.2) is 0 Å². The second-order valence-corrected chi connectivity index (χ2v) is 5.78. The second-order valence-electron chi connectivity index (χ2n) is 5.78. The molecule has 0 bridgehead atoms. The van der Waals surface area contributed by atoms with Crippen molar-refractivity contribution in [3.05, 3.63) is 0 Å². The van der Waals surface area contributed by atoms with Gasteiger partial charge in [-0.2, -0.15) is 0 Å². The first-order valence-electron chi connectivity index (χ1n) is 7.46. The normalized spacial score (nSPS) is 21.4. The van der Waals surface area contributed by atoms with Crippen LogP contribution in [-0.2, 0) is 14.4 Å². The zero-order chi connectivity index (χ0) is 15.4. The molecule has 2 aliphatic heterocycles. The molecule has 7 nitrogen and oxygen atoms in total. The van der Waals surface area contributed by atoms with Gasteiger partial charge in [0.15, 0.2) is 0 Å². The van der Waals surface area contributed by atoms with Crippen LogP contribution in [0.1, 0.15) is 19.8 Å². The molecule has 2 rings (SSSR count). The molecule has 2 aliphatic rings. The molecule has 21 heavy (non-hydrogen) atoms. The second kappa shape index (κ2) is 6.89. The maximum absolute atomic E-state index is 12.2. The molecule has 0 aromatic rings. The summed E-state index contributed by atoms with van der Waals surface area (Å²) in [6.45, 7) is 5.77. The van der Waals surface area contributed by atoms with Gasteiger partial charge in [-0.3, -0.25) is 19.3 Å². The van der Waals surface area contributed by atoms with Gasteiger partial charge in [-0.15, -0.1) is 0 Å². The molecule has 0 saturated carbocycles. The van der Waals surface area contributed by atoms with Gasteiger partial charge in [0.05, 0.1) is 12.5 Å². The first-order valence-corrected chi connectivity index (χ1v) is 7.46. The number of carboxylic acid groups (broad SMARTS) is 1. The number of aliphatic carboxylic acids is 1. The Morgan fingerprint density at radius 1 is 0.952 bits per heavy atom. The van der Waals surface area contributed by atoms with Crippen LogP contribution >= 0.6 is 0 Å². The minimum absolute atomic E-state index is 0.0649. The van der Waals surface area contributed by atoms with Crippen molar-refractivity contribution in [3.8, 4) is 0 Å². The van der Waals surface area contributed by atoms with E-state index in [2.05, 4.69) is 4.90 Å². The number of piperazine rings is 1. The van der Waals surface area contributed by atoms with Gasteiger partial charge in [0.2, 0.25) is 11.8 Å². The highest BCUT2D eigenvalue weighted by atomic mass is 16.4. The molecule has 2 amide bonds. The summed E-state index contributed by atoms with van der Waals surface area (Å²) in [6, 6.07) is 0. The Bertz CT molecular complexity index is 410. The number of nitrogens with zero attached hydrogens (tertiary/aromatic N) is 3. The number of likely N-dealkylation sites (tertiary alicyclic amines) is 1. The molecule has 0 aliphatic carbocycles. The van der Waals surface area contributed by atoms with Crippen molar-refractivity contribution < 1.29 is 19.5 Å². The fraction of sp³-hybridized carbons (Fsp3) is 0.786. The monoisotopic (exact) mass is 297 g/mol. The zero-order valence-electron chi connectivity index (χ0n) is 12.5. The highest BCUT2D eigenvalue weighted by Crippen LogP contribution is 2.17. The van der Waals surface area contributed by atoms with Gasteiger partial charge in [0.25, 0.3) is 0 Å². The van der Waals surface area contributed by atoms with E-state index in [0.717, 1.165) is 13.1 Å². The number of rotatable bonds is 3. The van der Waals surface area contributed by atoms with Gasteiger partial charge in [-0.1, -0.05) is 0 Å². The molecular weight excluding hydrogens is 274 g/mol. The smallest absolute Gasteiger partial charge is 0.306 e. The summed E-state index contributed by atoms with van der Waals surface area (Å²) in [6.07, 6.45) is 1.08. The summed E-state index contributed by atoms with van der Waals surface area (Å²) in [7, 11) is 0. The van der Waals surface area contributed by atoms with Gasteiger partial charge in [0.1, 0.15) is 0 Å². The summed E-state index contributed by atoms with van der Waals surface area (Å²) in [5.74, 6) is -0.928. The molecule has 0 unspecified atom stereocenters. The van der Waals surface area contributed by atoms with Gasteiger partial charge in [-0.05, 0) is 12.8 Å². The lowest BCUT2D eigenvalue weighted by atomic mass is 9.97. The first-order chi connectivity index (χ1) is 9.97. The van der Waals surface area contributed by atoms with Crippen molar-refractivity contribution in [2.24, 2.45) is 5.92 Å². The van der Waals surface area contributed by atoms with Gasteiger partial charge >= 0.3 is 5.97 Å². The lowest BCUT2D eigenvalue weighted by Gasteiger charge is -2.36. The third-order valence-electron chi connectivity index (χ3n) is 4.37. The van der Waals surface area contributed by atoms with Crippen molar-refractivity contribution in [2.75, 3.05) is 45.8 Å². The van der Waals surface area contributed by atoms with E-state index in [1.165, 1.54) is 0 Å².